The largest absolute Gasteiger partial charge is 0.496 e. The van der Waals surface area contributed by atoms with Crippen molar-refractivity contribution in [1.29, 1.82) is 0 Å². The Morgan fingerprint density at radius 1 is 1.12 bits per heavy atom. The van der Waals surface area contributed by atoms with Gasteiger partial charge in [0, 0.05) is 19.2 Å². The monoisotopic (exact) mass is 235 g/mol. The number of hydrogen-bond acceptors (Lipinski definition) is 3. The van der Waals surface area contributed by atoms with E-state index in [1.54, 1.807) is 14.2 Å². The molecule has 0 aromatic heterocycles. The van der Waals surface area contributed by atoms with Gasteiger partial charge in [-0.15, -0.1) is 0 Å². The van der Waals surface area contributed by atoms with Crippen molar-refractivity contribution in [3.8, 4) is 11.5 Å². The maximum absolute atomic E-state index is 5.51. The molecule has 1 heterocycles. The standard InChI is InChI=1S/C14H21NO2/c1-14(2)8-9-15(3)13-11(17-5)7-6-10(16-4)12(13)14/h6-7H,8-9H2,1-5H3. The van der Waals surface area contributed by atoms with E-state index >= 15 is 0 Å². The Morgan fingerprint density at radius 2 is 1.71 bits per heavy atom. The molecule has 1 aliphatic heterocycles. The van der Waals surface area contributed by atoms with Crippen molar-refractivity contribution in [1.82, 2.24) is 0 Å². The maximum atomic E-state index is 5.51. The first-order chi connectivity index (χ1) is 8.01. The second-order valence-electron chi connectivity index (χ2n) is 5.25. The molecule has 0 amide bonds. The lowest BCUT2D eigenvalue weighted by Gasteiger charge is -2.39. The highest BCUT2D eigenvalue weighted by atomic mass is 16.5. The van der Waals surface area contributed by atoms with E-state index in [0.717, 1.165) is 24.5 Å². The highest BCUT2D eigenvalue weighted by Gasteiger charge is 2.35. The normalized spacial score (nSPS) is 17.6. The maximum Gasteiger partial charge on any atom is 0.142 e. The van der Waals surface area contributed by atoms with Crippen LogP contribution in [0.5, 0.6) is 11.5 Å². The van der Waals surface area contributed by atoms with Crippen LogP contribution in [0.2, 0.25) is 0 Å². The summed E-state index contributed by atoms with van der Waals surface area (Å²) in [6.45, 7) is 5.57. The summed E-state index contributed by atoms with van der Waals surface area (Å²) in [7, 11) is 5.56. The summed E-state index contributed by atoms with van der Waals surface area (Å²) in [5.74, 6) is 1.88. The minimum Gasteiger partial charge on any atom is -0.496 e. The SMILES string of the molecule is COc1ccc(OC)c2c1N(C)CCC2(C)C. The molecule has 1 aromatic carbocycles. The van der Waals surface area contributed by atoms with Gasteiger partial charge in [0.2, 0.25) is 0 Å². The zero-order valence-electron chi connectivity index (χ0n) is 11.3. The molecular formula is C14H21NO2. The number of fused-ring (bicyclic) bond motifs is 1. The predicted molar refractivity (Wildman–Crippen MR) is 70.5 cm³/mol. The number of rotatable bonds is 2. The average molecular weight is 235 g/mol. The Kier molecular flexibility index (Phi) is 2.94. The molecule has 0 spiro atoms. The van der Waals surface area contributed by atoms with Crippen LogP contribution in [0.15, 0.2) is 12.1 Å². The highest BCUT2D eigenvalue weighted by molar-refractivity contribution is 5.71. The molecule has 2 rings (SSSR count). The van der Waals surface area contributed by atoms with Gasteiger partial charge in [-0.05, 0) is 24.0 Å². The van der Waals surface area contributed by atoms with Gasteiger partial charge >= 0.3 is 0 Å². The lowest BCUT2D eigenvalue weighted by atomic mass is 9.77. The Balaban J connectivity index is 2.71. The molecule has 0 fully saturated rings. The fourth-order valence-corrected chi connectivity index (χ4v) is 2.61. The van der Waals surface area contributed by atoms with Crippen LogP contribution in [0.3, 0.4) is 0 Å². The van der Waals surface area contributed by atoms with Gasteiger partial charge in [-0.1, -0.05) is 13.8 Å². The first-order valence-corrected chi connectivity index (χ1v) is 5.98. The van der Waals surface area contributed by atoms with Gasteiger partial charge in [-0.3, -0.25) is 0 Å². The highest BCUT2D eigenvalue weighted by Crippen LogP contribution is 2.48. The lowest BCUT2D eigenvalue weighted by Crippen LogP contribution is -2.35. The molecule has 0 radical (unpaired) electrons. The molecule has 0 aliphatic carbocycles. The predicted octanol–water partition coefficient (Wildman–Crippen LogP) is 2.82. The average Bonchev–Trinajstić information content (AvgIpc) is 2.32. The molecule has 3 nitrogen and oxygen atoms in total. The summed E-state index contributed by atoms with van der Waals surface area (Å²) >= 11 is 0. The summed E-state index contributed by atoms with van der Waals surface area (Å²) < 4.78 is 11.0. The third kappa shape index (κ3) is 1.84. The first kappa shape index (κ1) is 12.1. The van der Waals surface area contributed by atoms with E-state index in [1.165, 1.54) is 11.3 Å². The molecule has 0 unspecified atom stereocenters. The summed E-state index contributed by atoms with van der Waals surface area (Å²) in [4.78, 5) is 2.25. The van der Waals surface area contributed by atoms with E-state index < -0.39 is 0 Å². The van der Waals surface area contributed by atoms with Crippen molar-refractivity contribution in [3.05, 3.63) is 17.7 Å². The Bertz CT molecular complexity index is 426. The second-order valence-corrected chi connectivity index (χ2v) is 5.25. The van der Waals surface area contributed by atoms with Crippen molar-refractivity contribution >= 4 is 5.69 Å². The molecule has 3 heteroatoms. The number of hydrogen-bond donors (Lipinski definition) is 0. The van der Waals surface area contributed by atoms with Gasteiger partial charge in [-0.2, -0.15) is 0 Å². The minimum atomic E-state index is 0.127. The van der Waals surface area contributed by atoms with E-state index in [0.29, 0.717) is 0 Å². The molecular weight excluding hydrogens is 214 g/mol. The Hall–Kier alpha value is -1.38. The first-order valence-electron chi connectivity index (χ1n) is 5.98. The van der Waals surface area contributed by atoms with Gasteiger partial charge < -0.3 is 14.4 Å². The van der Waals surface area contributed by atoms with Gasteiger partial charge in [-0.25, -0.2) is 0 Å². The summed E-state index contributed by atoms with van der Waals surface area (Å²) in [5.41, 5.74) is 2.55. The van der Waals surface area contributed by atoms with Crippen LogP contribution in [0.4, 0.5) is 5.69 Å². The smallest absolute Gasteiger partial charge is 0.142 e. The molecule has 0 atom stereocenters. The van der Waals surface area contributed by atoms with Crippen LogP contribution in [-0.4, -0.2) is 27.8 Å². The third-order valence-electron chi connectivity index (χ3n) is 3.67. The fourth-order valence-electron chi connectivity index (χ4n) is 2.61. The molecule has 17 heavy (non-hydrogen) atoms. The van der Waals surface area contributed by atoms with Crippen molar-refractivity contribution < 1.29 is 9.47 Å². The summed E-state index contributed by atoms with van der Waals surface area (Å²) in [5, 5.41) is 0. The minimum absolute atomic E-state index is 0.127. The zero-order valence-corrected chi connectivity index (χ0v) is 11.3. The molecule has 0 bridgehead atoms. The second kappa shape index (κ2) is 4.13. The molecule has 1 aliphatic rings. The molecule has 0 saturated heterocycles. The van der Waals surface area contributed by atoms with Crippen LogP contribution >= 0.6 is 0 Å². The van der Waals surface area contributed by atoms with Crippen LogP contribution in [0.25, 0.3) is 0 Å². The molecule has 0 saturated carbocycles. The fraction of sp³-hybridized carbons (Fsp3) is 0.571. The van der Waals surface area contributed by atoms with E-state index in [2.05, 4.69) is 25.8 Å². The third-order valence-corrected chi connectivity index (χ3v) is 3.67. The Morgan fingerprint density at radius 3 is 2.29 bits per heavy atom. The van der Waals surface area contributed by atoms with Gasteiger partial charge in [0.15, 0.2) is 0 Å². The summed E-state index contributed by atoms with van der Waals surface area (Å²) in [6, 6.07) is 3.98. The van der Waals surface area contributed by atoms with E-state index in [-0.39, 0.29) is 5.41 Å². The van der Waals surface area contributed by atoms with Gasteiger partial charge in [0.05, 0.1) is 19.9 Å². The van der Waals surface area contributed by atoms with Gasteiger partial charge in [0.1, 0.15) is 11.5 Å². The van der Waals surface area contributed by atoms with Gasteiger partial charge in [0.25, 0.3) is 0 Å². The van der Waals surface area contributed by atoms with Crippen molar-refractivity contribution in [2.45, 2.75) is 25.7 Å². The lowest BCUT2D eigenvalue weighted by molar-refractivity contribution is 0.369. The van der Waals surface area contributed by atoms with Crippen LogP contribution in [0.1, 0.15) is 25.8 Å². The molecule has 0 N–H and O–H groups in total. The summed E-state index contributed by atoms with van der Waals surface area (Å²) in [6.07, 6.45) is 1.13. The van der Waals surface area contributed by atoms with Crippen LogP contribution in [-0.2, 0) is 5.41 Å². The van der Waals surface area contributed by atoms with E-state index in [1.807, 2.05) is 12.1 Å². The number of benzene rings is 1. The van der Waals surface area contributed by atoms with Crippen molar-refractivity contribution in [3.63, 3.8) is 0 Å². The quantitative estimate of drug-likeness (QED) is 0.786. The number of ether oxygens (including phenoxy) is 2. The Labute approximate surface area is 103 Å². The number of nitrogens with zero attached hydrogens (tertiary/aromatic N) is 1. The zero-order chi connectivity index (χ0) is 12.6. The van der Waals surface area contributed by atoms with E-state index in [9.17, 15) is 0 Å². The molecule has 1 aromatic rings. The topological polar surface area (TPSA) is 21.7 Å². The number of anilines is 1. The molecule has 94 valence electrons. The van der Waals surface area contributed by atoms with Crippen LogP contribution < -0.4 is 14.4 Å². The van der Waals surface area contributed by atoms with Crippen LogP contribution in [0, 0.1) is 0 Å². The van der Waals surface area contributed by atoms with Crippen molar-refractivity contribution in [2.24, 2.45) is 0 Å². The van der Waals surface area contributed by atoms with E-state index in [4.69, 9.17) is 9.47 Å². The van der Waals surface area contributed by atoms with Crippen molar-refractivity contribution in [2.75, 3.05) is 32.7 Å². The number of methoxy groups -OCH3 is 2.